The molecule has 4 nitrogen and oxygen atoms in total. The molecule has 1 saturated carbocycles. The Morgan fingerprint density at radius 1 is 1.30 bits per heavy atom. The summed E-state index contributed by atoms with van der Waals surface area (Å²) >= 11 is 0. The van der Waals surface area contributed by atoms with Gasteiger partial charge in [-0.2, -0.15) is 0 Å². The van der Waals surface area contributed by atoms with Crippen LogP contribution < -0.4 is 11.1 Å². The van der Waals surface area contributed by atoms with E-state index < -0.39 is 0 Å². The topological polar surface area (TPSA) is 58.4 Å². The molecule has 1 aliphatic rings. The molecule has 0 heterocycles. The van der Waals surface area contributed by atoms with E-state index in [1.807, 2.05) is 19.1 Å². The monoisotopic (exact) mass is 275 g/mol. The number of hydrogen-bond acceptors (Lipinski definition) is 3. The average Bonchev–Trinajstić information content (AvgIpc) is 3.21. The Morgan fingerprint density at radius 2 is 1.90 bits per heavy atom. The Hall–Kier alpha value is -1.55. The lowest BCUT2D eigenvalue weighted by Gasteiger charge is -2.31. The number of carbonyl (C=O) groups excluding carboxylic acids is 1. The average molecular weight is 275 g/mol. The number of amides is 1. The first-order valence-corrected chi connectivity index (χ1v) is 7.39. The van der Waals surface area contributed by atoms with Crippen LogP contribution in [0.2, 0.25) is 0 Å². The highest BCUT2D eigenvalue weighted by atomic mass is 16.2. The normalized spacial score (nSPS) is 16.4. The zero-order valence-corrected chi connectivity index (χ0v) is 12.6. The quantitative estimate of drug-likeness (QED) is 0.785. The first-order valence-electron chi connectivity index (χ1n) is 7.39. The first-order chi connectivity index (χ1) is 9.47. The second kappa shape index (κ2) is 6.27. The van der Waals surface area contributed by atoms with Crippen molar-refractivity contribution in [2.45, 2.75) is 45.7 Å². The number of benzene rings is 1. The van der Waals surface area contributed by atoms with E-state index in [9.17, 15) is 4.79 Å². The molecule has 0 saturated heterocycles. The molecule has 1 aromatic rings. The summed E-state index contributed by atoms with van der Waals surface area (Å²) in [6, 6.07) is 7.52. The molecule has 2 rings (SSSR count). The van der Waals surface area contributed by atoms with Gasteiger partial charge in [-0.25, -0.2) is 0 Å². The van der Waals surface area contributed by atoms with Crippen LogP contribution in [0.5, 0.6) is 0 Å². The summed E-state index contributed by atoms with van der Waals surface area (Å²) in [6.45, 7) is 7.30. The first kappa shape index (κ1) is 14.9. The van der Waals surface area contributed by atoms with E-state index in [-0.39, 0.29) is 11.9 Å². The number of nitrogens with two attached hydrogens (primary N) is 1. The second-order valence-corrected chi connectivity index (χ2v) is 6.02. The minimum absolute atomic E-state index is 0.0455. The van der Waals surface area contributed by atoms with Crippen molar-refractivity contribution in [1.29, 1.82) is 0 Å². The Morgan fingerprint density at radius 3 is 2.40 bits per heavy atom. The number of nitrogens with zero attached hydrogens (tertiary/aromatic N) is 1. The highest BCUT2D eigenvalue weighted by molar-refractivity contribution is 5.94. The third-order valence-electron chi connectivity index (χ3n) is 3.88. The Kier molecular flexibility index (Phi) is 4.65. The van der Waals surface area contributed by atoms with E-state index in [1.54, 1.807) is 12.1 Å². The van der Waals surface area contributed by atoms with E-state index in [1.165, 1.54) is 12.8 Å². The van der Waals surface area contributed by atoms with Gasteiger partial charge in [0, 0.05) is 24.0 Å². The predicted octanol–water partition coefficient (Wildman–Crippen LogP) is 2.72. The summed E-state index contributed by atoms with van der Waals surface area (Å²) in [5.41, 5.74) is 7.15. The number of anilines is 2. The number of nitrogen functional groups attached to an aromatic ring is 1. The molecule has 110 valence electrons. The number of hydrogen-bond donors (Lipinski definition) is 2. The predicted molar refractivity (Wildman–Crippen MR) is 83.5 cm³/mol. The van der Waals surface area contributed by atoms with Crippen molar-refractivity contribution in [3.63, 3.8) is 0 Å². The molecule has 1 atom stereocenters. The van der Waals surface area contributed by atoms with Crippen molar-refractivity contribution in [1.82, 2.24) is 4.90 Å². The fraction of sp³-hybridized carbons (Fsp3) is 0.562. The van der Waals surface area contributed by atoms with Crippen LogP contribution in [0.15, 0.2) is 24.3 Å². The molecule has 0 aliphatic heterocycles. The highest BCUT2D eigenvalue weighted by Gasteiger charge is 2.30. The maximum atomic E-state index is 12.4. The minimum atomic E-state index is -0.117. The molecule has 3 N–H and O–H groups in total. The van der Waals surface area contributed by atoms with Crippen LogP contribution in [0.3, 0.4) is 0 Å². The molecule has 0 aromatic heterocycles. The summed E-state index contributed by atoms with van der Waals surface area (Å²) in [7, 11) is 0. The smallest absolute Gasteiger partial charge is 0.241 e. The van der Waals surface area contributed by atoms with Crippen molar-refractivity contribution in [2.24, 2.45) is 5.92 Å². The van der Waals surface area contributed by atoms with E-state index in [0.717, 1.165) is 18.2 Å². The van der Waals surface area contributed by atoms with Gasteiger partial charge in [0.15, 0.2) is 0 Å². The standard InChI is InChI=1S/C16H25N3O/c1-11(2)19(10-13-4-5-13)12(3)16(20)18-15-8-6-14(17)7-9-15/h6-9,11-13H,4-5,10,17H2,1-3H3,(H,18,20). The maximum absolute atomic E-state index is 12.4. The second-order valence-electron chi connectivity index (χ2n) is 6.02. The Bertz CT molecular complexity index is 451. The van der Waals surface area contributed by atoms with Crippen molar-refractivity contribution in [3.8, 4) is 0 Å². The van der Waals surface area contributed by atoms with Gasteiger partial charge in [0.25, 0.3) is 0 Å². The van der Waals surface area contributed by atoms with Crippen LogP contribution in [0, 0.1) is 5.92 Å². The third-order valence-corrected chi connectivity index (χ3v) is 3.88. The lowest BCUT2D eigenvalue weighted by molar-refractivity contribution is -0.121. The molecule has 1 amide bonds. The summed E-state index contributed by atoms with van der Waals surface area (Å²) < 4.78 is 0. The molecule has 1 aromatic carbocycles. The molecular weight excluding hydrogens is 250 g/mol. The SMILES string of the molecule is CC(C)N(CC1CC1)C(C)C(=O)Nc1ccc(N)cc1. The van der Waals surface area contributed by atoms with Crippen molar-refractivity contribution < 1.29 is 4.79 Å². The van der Waals surface area contributed by atoms with Crippen molar-refractivity contribution in [2.75, 3.05) is 17.6 Å². The number of nitrogens with one attached hydrogen (secondary N) is 1. The molecule has 0 spiro atoms. The molecule has 0 bridgehead atoms. The number of rotatable bonds is 6. The molecule has 4 heteroatoms. The van der Waals surface area contributed by atoms with Gasteiger partial charge in [-0.1, -0.05) is 0 Å². The summed E-state index contributed by atoms with van der Waals surface area (Å²) in [5.74, 6) is 0.827. The van der Waals surface area contributed by atoms with Gasteiger partial charge in [-0.15, -0.1) is 0 Å². The van der Waals surface area contributed by atoms with Gasteiger partial charge in [-0.05, 0) is 63.8 Å². The molecular formula is C16H25N3O. The van der Waals surface area contributed by atoms with Gasteiger partial charge in [0.1, 0.15) is 0 Å². The van der Waals surface area contributed by atoms with Crippen molar-refractivity contribution >= 4 is 17.3 Å². The summed E-state index contributed by atoms with van der Waals surface area (Å²) in [4.78, 5) is 14.6. The molecule has 1 fully saturated rings. The van der Waals surface area contributed by atoms with Gasteiger partial charge in [0.2, 0.25) is 5.91 Å². The van der Waals surface area contributed by atoms with E-state index >= 15 is 0 Å². The Balaban J connectivity index is 1.96. The largest absolute Gasteiger partial charge is 0.399 e. The molecule has 1 unspecified atom stereocenters. The van der Waals surface area contributed by atoms with Crippen molar-refractivity contribution in [3.05, 3.63) is 24.3 Å². The van der Waals surface area contributed by atoms with Crippen LogP contribution in [0.4, 0.5) is 11.4 Å². The number of carbonyl (C=O) groups is 1. The minimum Gasteiger partial charge on any atom is -0.399 e. The van der Waals surface area contributed by atoms with Crippen LogP contribution in [0.25, 0.3) is 0 Å². The Labute approximate surface area is 121 Å². The van der Waals surface area contributed by atoms with Gasteiger partial charge in [-0.3, -0.25) is 9.69 Å². The molecule has 0 radical (unpaired) electrons. The summed E-state index contributed by atoms with van der Waals surface area (Å²) in [6.07, 6.45) is 2.60. The fourth-order valence-electron chi connectivity index (χ4n) is 2.38. The third kappa shape index (κ3) is 3.97. The highest BCUT2D eigenvalue weighted by Crippen LogP contribution is 2.31. The van der Waals surface area contributed by atoms with Gasteiger partial charge < -0.3 is 11.1 Å². The zero-order chi connectivity index (χ0) is 14.7. The fourth-order valence-corrected chi connectivity index (χ4v) is 2.38. The van der Waals surface area contributed by atoms with E-state index in [4.69, 9.17) is 5.73 Å². The molecule has 20 heavy (non-hydrogen) atoms. The maximum Gasteiger partial charge on any atom is 0.241 e. The van der Waals surface area contributed by atoms with Gasteiger partial charge in [0.05, 0.1) is 6.04 Å². The molecule has 1 aliphatic carbocycles. The lowest BCUT2D eigenvalue weighted by Crippen LogP contribution is -2.46. The van der Waals surface area contributed by atoms with E-state index in [0.29, 0.717) is 11.7 Å². The van der Waals surface area contributed by atoms with Crippen LogP contribution in [0.1, 0.15) is 33.6 Å². The van der Waals surface area contributed by atoms with Gasteiger partial charge >= 0.3 is 0 Å². The van der Waals surface area contributed by atoms with Crippen LogP contribution in [-0.2, 0) is 4.79 Å². The van der Waals surface area contributed by atoms with E-state index in [2.05, 4.69) is 24.1 Å². The zero-order valence-electron chi connectivity index (χ0n) is 12.6. The van der Waals surface area contributed by atoms with Crippen LogP contribution in [-0.4, -0.2) is 29.4 Å². The summed E-state index contributed by atoms with van der Waals surface area (Å²) in [5, 5.41) is 2.96. The van der Waals surface area contributed by atoms with Crippen LogP contribution >= 0.6 is 0 Å². The lowest BCUT2D eigenvalue weighted by atomic mass is 10.1.